The number of nitriles is 1. The van der Waals surface area contributed by atoms with Crippen molar-refractivity contribution in [2.24, 2.45) is 0 Å². The van der Waals surface area contributed by atoms with E-state index in [1.54, 1.807) is 6.07 Å². The molecular weight excluding hydrogens is 214 g/mol. The number of benzene rings is 1. The third-order valence-corrected chi connectivity index (χ3v) is 3.05. The lowest BCUT2D eigenvalue weighted by atomic mass is 9.93. The summed E-state index contributed by atoms with van der Waals surface area (Å²) in [5, 5.41) is 17.7. The van der Waals surface area contributed by atoms with E-state index in [0.717, 1.165) is 17.5 Å². The summed E-state index contributed by atoms with van der Waals surface area (Å²) in [6.07, 6.45) is 1.83. The second kappa shape index (κ2) is 6.05. The van der Waals surface area contributed by atoms with Crippen LogP contribution in [-0.2, 0) is 6.42 Å². The lowest BCUT2D eigenvalue weighted by molar-refractivity contribution is 0.0695. The maximum atomic E-state index is 11.2. The molecule has 90 valence electrons. The molecule has 0 amide bonds. The fraction of sp³-hybridized carbons (Fsp3) is 0.429. The van der Waals surface area contributed by atoms with E-state index in [-0.39, 0.29) is 0 Å². The molecule has 3 nitrogen and oxygen atoms in total. The Balaban J connectivity index is 3.09. The van der Waals surface area contributed by atoms with Gasteiger partial charge >= 0.3 is 5.97 Å². The largest absolute Gasteiger partial charge is 0.478 e. The van der Waals surface area contributed by atoms with Crippen molar-refractivity contribution in [2.45, 2.75) is 39.0 Å². The van der Waals surface area contributed by atoms with Gasteiger partial charge in [0.25, 0.3) is 0 Å². The van der Waals surface area contributed by atoms with E-state index >= 15 is 0 Å². The van der Waals surface area contributed by atoms with Crippen LogP contribution >= 0.6 is 0 Å². The molecule has 1 aromatic carbocycles. The first-order chi connectivity index (χ1) is 8.10. The smallest absolute Gasteiger partial charge is 0.335 e. The topological polar surface area (TPSA) is 61.1 Å². The molecule has 0 aromatic heterocycles. The van der Waals surface area contributed by atoms with Crippen LogP contribution in [0, 0.1) is 11.3 Å². The first-order valence-electron chi connectivity index (χ1n) is 5.83. The zero-order valence-corrected chi connectivity index (χ0v) is 10.2. The van der Waals surface area contributed by atoms with Crippen molar-refractivity contribution in [3.8, 4) is 6.07 Å². The summed E-state index contributed by atoms with van der Waals surface area (Å²) in [7, 11) is 0. The normalized spacial score (nSPS) is 11.8. The van der Waals surface area contributed by atoms with Crippen molar-refractivity contribution in [3.05, 3.63) is 34.9 Å². The van der Waals surface area contributed by atoms with Gasteiger partial charge in [0.1, 0.15) is 0 Å². The van der Waals surface area contributed by atoms with Crippen molar-refractivity contribution in [2.75, 3.05) is 0 Å². The van der Waals surface area contributed by atoms with Gasteiger partial charge in [0.05, 0.1) is 11.6 Å². The van der Waals surface area contributed by atoms with Gasteiger partial charge in [0.2, 0.25) is 0 Å². The number of aromatic carboxylic acids is 1. The first-order valence-corrected chi connectivity index (χ1v) is 5.83. The van der Waals surface area contributed by atoms with Crippen LogP contribution in [0.2, 0.25) is 0 Å². The Labute approximate surface area is 102 Å². The van der Waals surface area contributed by atoms with Crippen molar-refractivity contribution in [3.63, 3.8) is 0 Å². The van der Waals surface area contributed by atoms with Gasteiger partial charge < -0.3 is 5.11 Å². The Morgan fingerprint density at radius 1 is 1.53 bits per heavy atom. The minimum absolute atomic E-state index is 0.332. The molecule has 1 unspecified atom stereocenters. The maximum absolute atomic E-state index is 11.2. The Morgan fingerprint density at radius 2 is 2.24 bits per heavy atom. The molecule has 0 saturated carbocycles. The third-order valence-electron chi connectivity index (χ3n) is 3.05. The zero-order chi connectivity index (χ0) is 12.8. The molecule has 1 rings (SSSR count). The maximum Gasteiger partial charge on any atom is 0.335 e. The van der Waals surface area contributed by atoms with Crippen LogP contribution in [0.5, 0.6) is 0 Å². The molecule has 1 aromatic rings. The monoisotopic (exact) mass is 231 g/mol. The number of aryl methyl sites for hydroxylation is 1. The summed E-state index contributed by atoms with van der Waals surface area (Å²) < 4.78 is 0. The second-order valence-corrected chi connectivity index (χ2v) is 4.19. The third kappa shape index (κ3) is 3.32. The standard InChI is InChI=1S/C14H17NO2/c1-3-10(2)12-7-6-11(5-4-8-15)13(9-12)14(16)17/h6-7,9-10H,3-5H2,1-2H3,(H,16,17). The number of rotatable bonds is 5. The molecule has 1 atom stereocenters. The lowest BCUT2D eigenvalue weighted by Gasteiger charge is -2.12. The molecule has 0 aliphatic heterocycles. The quantitative estimate of drug-likeness (QED) is 0.845. The highest BCUT2D eigenvalue weighted by molar-refractivity contribution is 5.89. The molecule has 0 radical (unpaired) electrons. The average Bonchev–Trinajstić information content (AvgIpc) is 2.35. The summed E-state index contributed by atoms with van der Waals surface area (Å²) in [6, 6.07) is 7.58. The summed E-state index contributed by atoms with van der Waals surface area (Å²) in [4.78, 5) is 11.2. The number of nitrogens with zero attached hydrogens (tertiary/aromatic N) is 1. The number of hydrogen-bond donors (Lipinski definition) is 1. The highest BCUT2D eigenvalue weighted by Crippen LogP contribution is 2.22. The van der Waals surface area contributed by atoms with Crippen LogP contribution in [-0.4, -0.2) is 11.1 Å². The Morgan fingerprint density at radius 3 is 2.76 bits per heavy atom. The van der Waals surface area contributed by atoms with E-state index in [0.29, 0.717) is 24.3 Å². The van der Waals surface area contributed by atoms with Crippen LogP contribution < -0.4 is 0 Å². The summed E-state index contributed by atoms with van der Waals surface area (Å²) in [6.45, 7) is 4.16. The van der Waals surface area contributed by atoms with Crippen LogP contribution in [0.4, 0.5) is 0 Å². The molecule has 0 bridgehead atoms. The van der Waals surface area contributed by atoms with Crippen LogP contribution in [0.15, 0.2) is 18.2 Å². The van der Waals surface area contributed by atoms with Gasteiger partial charge in [-0.25, -0.2) is 4.79 Å². The van der Waals surface area contributed by atoms with Gasteiger partial charge in [0.15, 0.2) is 0 Å². The molecule has 0 spiro atoms. The molecule has 0 saturated heterocycles. The van der Waals surface area contributed by atoms with E-state index < -0.39 is 5.97 Å². The average molecular weight is 231 g/mol. The predicted octanol–water partition coefficient (Wildman–Crippen LogP) is 3.35. The highest BCUT2D eigenvalue weighted by Gasteiger charge is 2.12. The SMILES string of the molecule is CCC(C)c1ccc(CCC#N)c(C(=O)O)c1. The fourth-order valence-corrected chi connectivity index (χ4v) is 1.74. The van der Waals surface area contributed by atoms with E-state index in [9.17, 15) is 4.79 Å². The van der Waals surface area contributed by atoms with Crippen molar-refractivity contribution in [1.82, 2.24) is 0 Å². The Bertz CT molecular complexity index is 446. The van der Waals surface area contributed by atoms with E-state index in [1.807, 2.05) is 18.2 Å². The van der Waals surface area contributed by atoms with E-state index in [1.165, 1.54) is 0 Å². The highest BCUT2D eigenvalue weighted by atomic mass is 16.4. The van der Waals surface area contributed by atoms with Crippen LogP contribution in [0.1, 0.15) is 54.1 Å². The summed E-state index contributed by atoms with van der Waals surface area (Å²) in [5.74, 6) is -0.554. The van der Waals surface area contributed by atoms with Gasteiger partial charge in [-0.1, -0.05) is 26.0 Å². The van der Waals surface area contributed by atoms with E-state index in [4.69, 9.17) is 10.4 Å². The molecule has 0 fully saturated rings. The van der Waals surface area contributed by atoms with Gasteiger partial charge in [-0.15, -0.1) is 0 Å². The predicted molar refractivity (Wildman–Crippen MR) is 66.0 cm³/mol. The number of hydrogen-bond acceptors (Lipinski definition) is 2. The van der Waals surface area contributed by atoms with Gasteiger partial charge in [-0.3, -0.25) is 0 Å². The molecule has 3 heteroatoms. The number of carboxylic acids is 1. The Kier molecular flexibility index (Phi) is 4.71. The van der Waals surface area contributed by atoms with Crippen molar-refractivity contribution in [1.29, 1.82) is 5.26 Å². The minimum Gasteiger partial charge on any atom is -0.478 e. The molecular formula is C14H17NO2. The number of carbonyl (C=O) groups is 1. The van der Waals surface area contributed by atoms with Crippen LogP contribution in [0.25, 0.3) is 0 Å². The summed E-state index contributed by atoms with van der Waals surface area (Å²) >= 11 is 0. The van der Waals surface area contributed by atoms with Crippen molar-refractivity contribution < 1.29 is 9.90 Å². The Hall–Kier alpha value is -1.82. The van der Waals surface area contributed by atoms with Gasteiger partial charge in [-0.05, 0) is 36.0 Å². The molecule has 0 aliphatic rings. The minimum atomic E-state index is -0.914. The molecule has 17 heavy (non-hydrogen) atoms. The zero-order valence-electron chi connectivity index (χ0n) is 10.2. The molecule has 0 aliphatic carbocycles. The van der Waals surface area contributed by atoms with Crippen LogP contribution in [0.3, 0.4) is 0 Å². The summed E-state index contributed by atoms with van der Waals surface area (Å²) in [5.41, 5.74) is 2.12. The van der Waals surface area contributed by atoms with Gasteiger partial charge in [-0.2, -0.15) is 5.26 Å². The van der Waals surface area contributed by atoms with Gasteiger partial charge in [0, 0.05) is 6.42 Å². The molecule has 1 N–H and O–H groups in total. The fourth-order valence-electron chi connectivity index (χ4n) is 1.74. The van der Waals surface area contributed by atoms with Crippen molar-refractivity contribution >= 4 is 5.97 Å². The second-order valence-electron chi connectivity index (χ2n) is 4.19. The van der Waals surface area contributed by atoms with E-state index in [2.05, 4.69) is 13.8 Å². The lowest BCUT2D eigenvalue weighted by Crippen LogP contribution is -2.05. The molecule has 0 heterocycles. The number of carboxylic acid groups (broad SMARTS) is 1. The first kappa shape index (κ1) is 13.2.